The highest BCUT2D eigenvalue weighted by molar-refractivity contribution is 6.31. The van der Waals surface area contributed by atoms with Gasteiger partial charge in [-0.1, -0.05) is 43.6 Å². The molecule has 0 fully saturated rings. The van der Waals surface area contributed by atoms with Crippen LogP contribution in [-0.4, -0.2) is 37.6 Å². The molecule has 0 bridgehead atoms. The van der Waals surface area contributed by atoms with E-state index in [1.807, 2.05) is 24.3 Å². The molecule has 0 spiro atoms. The number of benzene rings is 1. The minimum absolute atomic E-state index is 0.000979. The van der Waals surface area contributed by atoms with E-state index >= 15 is 0 Å². The van der Waals surface area contributed by atoms with Gasteiger partial charge < -0.3 is 14.5 Å². The first-order valence-electron chi connectivity index (χ1n) is 8.45. The summed E-state index contributed by atoms with van der Waals surface area (Å²) in [6.07, 6.45) is 0. The van der Waals surface area contributed by atoms with Crippen molar-refractivity contribution in [2.45, 2.75) is 26.5 Å². The summed E-state index contributed by atoms with van der Waals surface area (Å²) in [6, 6.07) is 11.1. The van der Waals surface area contributed by atoms with Gasteiger partial charge in [-0.15, -0.1) is 0 Å². The lowest BCUT2D eigenvalue weighted by atomic mass is 10.0. The Bertz CT molecular complexity index is 683. The first kappa shape index (κ1) is 19.5. The summed E-state index contributed by atoms with van der Waals surface area (Å²) in [4.78, 5) is 14.6. The lowest BCUT2D eigenvalue weighted by Gasteiger charge is -2.30. The number of amides is 1. The first-order chi connectivity index (χ1) is 12.1. The molecule has 1 N–H and O–H groups in total. The van der Waals surface area contributed by atoms with Crippen LogP contribution in [0.3, 0.4) is 0 Å². The fourth-order valence-electron chi connectivity index (χ4n) is 2.84. The van der Waals surface area contributed by atoms with Crippen LogP contribution in [0.4, 0.5) is 0 Å². The van der Waals surface area contributed by atoms with Gasteiger partial charge in [0.2, 0.25) is 0 Å². The standard InChI is InChI=1S/C19H25ClN2O3/c1-4-22(5-2)17(15-8-6-7-9-16(15)20)12-21-19(23)18-11-10-14(25-18)13-24-3/h6-11,17H,4-5,12-13H2,1-3H3,(H,21,23). The summed E-state index contributed by atoms with van der Waals surface area (Å²) < 4.78 is 10.5. The Hall–Kier alpha value is -1.82. The third kappa shape index (κ3) is 5.08. The zero-order valence-electron chi connectivity index (χ0n) is 14.9. The average Bonchev–Trinajstić information content (AvgIpc) is 3.08. The van der Waals surface area contributed by atoms with Crippen LogP contribution >= 0.6 is 11.6 Å². The molecule has 1 aromatic heterocycles. The fraction of sp³-hybridized carbons (Fsp3) is 0.421. The van der Waals surface area contributed by atoms with E-state index in [0.717, 1.165) is 18.7 Å². The second-order valence-electron chi connectivity index (χ2n) is 5.67. The van der Waals surface area contributed by atoms with Crippen molar-refractivity contribution in [1.29, 1.82) is 0 Å². The van der Waals surface area contributed by atoms with Crippen LogP contribution in [0.15, 0.2) is 40.8 Å². The van der Waals surface area contributed by atoms with Gasteiger partial charge in [-0.05, 0) is 36.9 Å². The topological polar surface area (TPSA) is 54.7 Å². The predicted molar refractivity (Wildman–Crippen MR) is 98.9 cm³/mol. The zero-order valence-corrected chi connectivity index (χ0v) is 15.7. The molecule has 2 rings (SSSR count). The van der Waals surface area contributed by atoms with E-state index in [0.29, 0.717) is 23.9 Å². The van der Waals surface area contributed by atoms with Crippen LogP contribution in [-0.2, 0) is 11.3 Å². The molecule has 136 valence electrons. The van der Waals surface area contributed by atoms with E-state index < -0.39 is 0 Å². The summed E-state index contributed by atoms with van der Waals surface area (Å²) >= 11 is 6.38. The number of rotatable bonds is 9. The van der Waals surface area contributed by atoms with Crippen molar-refractivity contribution < 1.29 is 13.9 Å². The van der Waals surface area contributed by atoms with Crippen LogP contribution in [0.25, 0.3) is 0 Å². The number of furan rings is 1. The maximum atomic E-state index is 12.4. The number of methoxy groups -OCH3 is 1. The maximum Gasteiger partial charge on any atom is 0.287 e. The molecule has 1 amide bonds. The van der Waals surface area contributed by atoms with Gasteiger partial charge in [0.15, 0.2) is 5.76 Å². The number of nitrogens with one attached hydrogen (secondary N) is 1. The minimum Gasteiger partial charge on any atom is -0.453 e. The molecule has 0 radical (unpaired) electrons. The molecule has 0 saturated heterocycles. The van der Waals surface area contributed by atoms with Gasteiger partial charge >= 0.3 is 0 Å². The van der Waals surface area contributed by atoms with Gasteiger partial charge in [0.1, 0.15) is 12.4 Å². The van der Waals surface area contributed by atoms with Gasteiger partial charge in [0, 0.05) is 18.7 Å². The van der Waals surface area contributed by atoms with E-state index in [2.05, 4.69) is 24.1 Å². The van der Waals surface area contributed by atoms with E-state index in [1.54, 1.807) is 19.2 Å². The molecule has 5 nitrogen and oxygen atoms in total. The van der Waals surface area contributed by atoms with Crippen molar-refractivity contribution in [2.24, 2.45) is 0 Å². The van der Waals surface area contributed by atoms with Gasteiger partial charge in [-0.3, -0.25) is 9.69 Å². The van der Waals surface area contributed by atoms with Crippen LogP contribution in [0.5, 0.6) is 0 Å². The number of halogens is 1. The molecule has 0 aliphatic rings. The summed E-state index contributed by atoms with van der Waals surface area (Å²) in [6.45, 7) is 6.71. The van der Waals surface area contributed by atoms with E-state index in [4.69, 9.17) is 20.8 Å². The Morgan fingerprint density at radius 3 is 2.60 bits per heavy atom. The smallest absolute Gasteiger partial charge is 0.287 e. The maximum absolute atomic E-state index is 12.4. The van der Waals surface area contributed by atoms with E-state index in [-0.39, 0.29) is 17.7 Å². The van der Waals surface area contributed by atoms with Crippen LogP contribution < -0.4 is 5.32 Å². The quantitative estimate of drug-likeness (QED) is 0.733. The predicted octanol–water partition coefficient (Wildman–Crippen LogP) is 3.89. The molecule has 0 aliphatic heterocycles. The average molecular weight is 365 g/mol. The molecular weight excluding hydrogens is 340 g/mol. The highest BCUT2D eigenvalue weighted by Gasteiger charge is 2.22. The summed E-state index contributed by atoms with van der Waals surface area (Å²) in [7, 11) is 1.58. The highest BCUT2D eigenvalue weighted by atomic mass is 35.5. The van der Waals surface area contributed by atoms with Crippen LogP contribution in [0.2, 0.25) is 5.02 Å². The van der Waals surface area contributed by atoms with Crippen LogP contribution in [0.1, 0.15) is 41.8 Å². The van der Waals surface area contributed by atoms with Gasteiger partial charge in [-0.25, -0.2) is 0 Å². The molecule has 1 unspecified atom stereocenters. The Labute approximate surface area is 153 Å². The van der Waals surface area contributed by atoms with Crippen molar-refractivity contribution in [3.05, 3.63) is 58.5 Å². The number of carbonyl (C=O) groups excluding carboxylic acids is 1. The van der Waals surface area contributed by atoms with Crippen molar-refractivity contribution in [3.8, 4) is 0 Å². The number of ether oxygens (including phenoxy) is 1. The number of nitrogens with zero attached hydrogens (tertiary/aromatic N) is 1. The van der Waals surface area contributed by atoms with E-state index in [1.165, 1.54) is 0 Å². The molecule has 6 heteroatoms. The monoisotopic (exact) mass is 364 g/mol. The largest absolute Gasteiger partial charge is 0.453 e. The Morgan fingerprint density at radius 2 is 1.96 bits per heavy atom. The van der Waals surface area contributed by atoms with Crippen molar-refractivity contribution in [2.75, 3.05) is 26.7 Å². The van der Waals surface area contributed by atoms with Crippen LogP contribution in [0, 0.1) is 0 Å². The second-order valence-corrected chi connectivity index (χ2v) is 6.07. The minimum atomic E-state index is -0.244. The fourth-order valence-corrected chi connectivity index (χ4v) is 3.10. The molecule has 0 aliphatic carbocycles. The SMILES string of the molecule is CCN(CC)C(CNC(=O)c1ccc(COC)o1)c1ccccc1Cl. The molecular formula is C19H25ClN2O3. The first-order valence-corrected chi connectivity index (χ1v) is 8.82. The molecule has 1 heterocycles. The number of likely N-dealkylation sites (N-methyl/N-ethyl adjacent to an activating group) is 1. The molecule has 0 saturated carbocycles. The Morgan fingerprint density at radius 1 is 1.24 bits per heavy atom. The lowest BCUT2D eigenvalue weighted by Crippen LogP contribution is -2.38. The van der Waals surface area contributed by atoms with Gasteiger partial charge in [0.25, 0.3) is 5.91 Å². The molecule has 2 aromatic rings. The number of hydrogen-bond donors (Lipinski definition) is 1. The van der Waals surface area contributed by atoms with Crippen molar-refractivity contribution in [3.63, 3.8) is 0 Å². The number of carbonyl (C=O) groups is 1. The lowest BCUT2D eigenvalue weighted by molar-refractivity contribution is 0.0898. The third-order valence-corrected chi connectivity index (χ3v) is 4.49. The summed E-state index contributed by atoms with van der Waals surface area (Å²) in [5.41, 5.74) is 1.01. The summed E-state index contributed by atoms with van der Waals surface area (Å²) in [5, 5.41) is 3.66. The third-order valence-electron chi connectivity index (χ3n) is 4.15. The second kappa shape index (κ2) is 9.61. The van der Waals surface area contributed by atoms with Gasteiger partial charge in [-0.2, -0.15) is 0 Å². The molecule has 1 aromatic carbocycles. The summed E-state index contributed by atoms with van der Waals surface area (Å²) in [5.74, 6) is 0.662. The van der Waals surface area contributed by atoms with Crippen molar-refractivity contribution >= 4 is 17.5 Å². The van der Waals surface area contributed by atoms with Gasteiger partial charge in [0.05, 0.1) is 6.04 Å². The molecule has 1 atom stereocenters. The Balaban J connectivity index is 2.11. The molecule has 25 heavy (non-hydrogen) atoms. The zero-order chi connectivity index (χ0) is 18.2. The normalized spacial score (nSPS) is 12.4. The highest BCUT2D eigenvalue weighted by Crippen LogP contribution is 2.27. The Kier molecular flexibility index (Phi) is 7.50. The van der Waals surface area contributed by atoms with Crippen molar-refractivity contribution in [1.82, 2.24) is 10.2 Å². The number of hydrogen-bond acceptors (Lipinski definition) is 4. The van der Waals surface area contributed by atoms with E-state index in [9.17, 15) is 4.79 Å².